The summed E-state index contributed by atoms with van der Waals surface area (Å²) in [5.41, 5.74) is 6.80. The van der Waals surface area contributed by atoms with Gasteiger partial charge in [0.2, 0.25) is 0 Å². The number of sulfone groups is 1. The van der Waals surface area contributed by atoms with E-state index in [1.54, 1.807) is 6.07 Å². The van der Waals surface area contributed by atoms with Gasteiger partial charge in [0.25, 0.3) is 0 Å². The molecule has 1 atom stereocenters. The second kappa shape index (κ2) is 6.54. The molecule has 1 unspecified atom stereocenters. The van der Waals surface area contributed by atoms with Crippen molar-refractivity contribution in [1.29, 1.82) is 5.26 Å². The highest BCUT2D eigenvalue weighted by Gasteiger charge is 2.43. The summed E-state index contributed by atoms with van der Waals surface area (Å²) < 4.78 is 23.9. The van der Waals surface area contributed by atoms with E-state index >= 15 is 0 Å². The number of carbonyl (C=O) groups is 1. The molecule has 6 heteroatoms. The predicted molar refractivity (Wildman–Crippen MR) is 121 cm³/mol. The Morgan fingerprint density at radius 3 is 2.55 bits per heavy atom. The summed E-state index contributed by atoms with van der Waals surface area (Å²) in [7, 11) is -3.07. The van der Waals surface area contributed by atoms with Crippen LogP contribution in [-0.4, -0.2) is 38.8 Å². The summed E-state index contributed by atoms with van der Waals surface area (Å²) >= 11 is 0. The maximum atomic E-state index is 13.5. The monoisotopic (exact) mass is 432 g/mol. The summed E-state index contributed by atoms with van der Waals surface area (Å²) in [5.74, 6) is 0.0368. The first-order valence-corrected chi connectivity index (χ1v) is 12.5. The molecule has 31 heavy (non-hydrogen) atoms. The minimum Gasteiger partial charge on any atom is -0.370 e. The van der Waals surface area contributed by atoms with Gasteiger partial charge in [-0.2, -0.15) is 5.26 Å². The maximum absolute atomic E-state index is 13.5. The zero-order valence-electron chi connectivity index (χ0n) is 17.9. The number of carbonyl (C=O) groups excluding carboxylic acids is 1. The molecule has 0 N–H and O–H groups in total. The van der Waals surface area contributed by atoms with Gasteiger partial charge >= 0.3 is 0 Å². The highest BCUT2D eigenvalue weighted by Crippen LogP contribution is 2.50. The van der Waals surface area contributed by atoms with Crippen LogP contribution in [0, 0.1) is 11.3 Å². The predicted octanol–water partition coefficient (Wildman–Crippen LogP) is 3.67. The van der Waals surface area contributed by atoms with Crippen molar-refractivity contribution in [2.24, 2.45) is 0 Å². The first-order valence-electron chi connectivity index (χ1n) is 10.5. The molecule has 5 nitrogen and oxygen atoms in total. The summed E-state index contributed by atoms with van der Waals surface area (Å²) in [4.78, 5) is 15.6. The number of hydrogen-bond donors (Lipinski definition) is 0. The van der Waals surface area contributed by atoms with E-state index in [1.807, 2.05) is 24.3 Å². The number of anilines is 1. The van der Waals surface area contributed by atoms with Crippen LogP contribution >= 0.6 is 0 Å². The van der Waals surface area contributed by atoms with Crippen LogP contribution in [0.25, 0.3) is 5.57 Å². The second-order valence-corrected chi connectivity index (χ2v) is 11.7. The van der Waals surface area contributed by atoms with E-state index in [0.29, 0.717) is 37.1 Å². The molecule has 1 heterocycles. The number of allylic oxidation sites excluding steroid dienone is 2. The lowest BCUT2D eigenvalue weighted by molar-refractivity contribution is 0.105. The van der Waals surface area contributed by atoms with Gasteiger partial charge in [0.15, 0.2) is 15.6 Å². The van der Waals surface area contributed by atoms with Crippen molar-refractivity contribution in [3.05, 3.63) is 69.8 Å². The number of nitrogens with zero attached hydrogens (tertiary/aromatic N) is 2. The van der Waals surface area contributed by atoms with E-state index in [1.165, 1.54) is 6.26 Å². The smallest absolute Gasteiger partial charge is 0.193 e. The van der Waals surface area contributed by atoms with Crippen LogP contribution < -0.4 is 4.90 Å². The molecule has 0 spiro atoms. The molecule has 158 valence electrons. The number of benzene rings is 2. The van der Waals surface area contributed by atoms with Crippen LogP contribution in [0.4, 0.5) is 5.69 Å². The number of nitriles is 1. The van der Waals surface area contributed by atoms with E-state index in [0.717, 1.165) is 33.5 Å². The highest BCUT2D eigenvalue weighted by molar-refractivity contribution is 7.91. The molecule has 2 aromatic carbocycles. The lowest BCUT2D eigenvalue weighted by Gasteiger charge is -2.35. The van der Waals surface area contributed by atoms with Crippen molar-refractivity contribution in [2.75, 3.05) is 24.2 Å². The Hall–Kier alpha value is -2.91. The average Bonchev–Trinajstić information content (AvgIpc) is 3.37. The lowest BCUT2D eigenvalue weighted by atomic mass is 9.68. The molecule has 0 amide bonds. The van der Waals surface area contributed by atoms with Gasteiger partial charge in [-0.3, -0.25) is 4.79 Å². The van der Waals surface area contributed by atoms with Gasteiger partial charge in [0.1, 0.15) is 0 Å². The molecule has 1 aliphatic heterocycles. The summed E-state index contributed by atoms with van der Waals surface area (Å²) in [6.07, 6.45) is 2.60. The number of rotatable bonds is 2. The Morgan fingerprint density at radius 2 is 1.87 bits per heavy atom. The van der Waals surface area contributed by atoms with Gasteiger partial charge in [-0.25, -0.2) is 8.42 Å². The third kappa shape index (κ3) is 2.95. The van der Waals surface area contributed by atoms with Crippen LogP contribution in [0.1, 0.15) is 52.9 Å². The van der Waals surface area contributed by atoms with Gasteiger partial charge in [-0.05, 0) is 65.4 Å². The summed E-state index contributed by atoms with van der Waals surface area (Å²) in [5, 5.41) is 8.91. The van der Waals surface area contributed by atoms with Crippen LogP contribution in [0.15, 0.2) is 42.0 Å². The number of Topliss-reactive ketones (excluding diaryl/α,β-unsaturated/α-hetero) is 1. The van der Waals surface area contributed by atoms with Gasteiger partial charge in [-0.1, -0.05) is 19.9 Å². The molecular formula is C25H24N2O3S. The Morgan fingerprint density at radius 1 is 1.13 bits per heavy atom. The Labute approximate surface area is 182 Å². The maximum Gasteiger partial charge on any atom is 0.193 e. The normalized spacial score (nSPS) is 21.5. The van der Waals surface area contributed by atoms with Crippen molar-refractivity contribution in [3.63, 3.8) is 0 Å². The molecule has 5 rings (SSSR count). The topological polar surface area (TPSA) is 78.2 Å². The van der Waals surface area contributed by atoms with Crippen molar-refractivity contribution < 1.29 is 13.2 Å². The highest BCUT2D eigenvalue weighted by atomic mass is 32.2. The van der Waals surface area contributed by atoms with Crippen LogP contribution in [-0.2, 0) is 21.7 Å². The third-order valence-corrected chi connectivity index (χ3v) is 8.79. The quantitative estimate of drug-likeness (QED) is 0.724. The average molecular weight is 433 g/mol. The summed E-state index contributed by atoms with van der Waals surface area (Å²) in [6.45, 7) is 5.49. The zero-order valence-corrected chi connectivity index (χ0v) is 18.7. The fraction of sp³-hybridized carbons (Fsp3) is 0.360. The number of hydrogen-bond acceptors (Lipinski definition) is 5. The summed E-state index contributed by atoms with van der Waals surface area (Å²) in [6, 6.07) is 13.7. The molecule has 0 radical (unpaired) electrons. The van der Waals surface area contributed by atoms with E-state index in [2.05, 4.69) is 30.9 Å². The first kappa shape index (κ1) is 20.0. The van der Waals surface area contributed by atoms with Gasteiger partial charge in [-0.15, -0.1) is 0 Å². The minimum absolute atomic E-state index is 0.0368. The van der Waals surface area contributed by atoms with Crippen LogP contribution in [0.3, 0.4) is 0 Å². The minimum atomic E-state index is -3.07. The van der Waals surface area contributed by atoms with Crippen molar-refractivity contribution in [1.82, 2.24) is 0 Å². The van der Waals surface area contributed by atoms with Gasteiger partial charge in [0.05, 0.1) is 16.9 Å². The van der Waals surface area contributed by atoms with E-state index in [4.69, 9.17) is 0 Å². The van der Waals surface area contributed by atoms with Crippen molar-refractivity contribution >= 4 is 26.9 Å². The second-order valence-electron chi connectivity index (χ2n) is 9.38. The number of ketones is 1. The van der Waals surface area contributed by atoms with Gasteiger partial charge < -0.3 is 4.90 Å². The van der Waals surface area contributed by atoms with E-state index in [9.17, 15) is 18.5 Å². The number of fused-ring (bicyclic) bond motifs is 3. The molecule has 1 fully saturated rings. The molecule has 0 bridgehead atoms. The molecular weight excluding hydrogens is 408 g/mol. The standard InChI is InChI=1S/C25H24N2O3S/c1-25(2)21-12-17(27-9-8-18(14-27)31(3,29)30)5-7-20(21)24(28)23-19-6-4-15(13-26)10-16(19)11-22(23)25/h4-7,10,12,18H,8-9,11,14H2,1-3H3. The van der Waals surface area contributed by atoms with Crippen LogP contribution in [0.5, 0.6) is 0 Å². The van der Waals surface area contributed by atoms with Crippen molar-refractivity contribution in [3.8, 4) is 6.07 Å². The van der Waals surface area contributed by atoms with E-state index in [-0.39, 0.29) is 16.4 Å². The van der Waals surface area contributed by atoms with E-state index < -0.39 is 9.84 Å². The zero-order chi connectivity index (χ0) is 22.1. The Bertz CT molecular complexity index is 1330. The Kier molecular flexibility index (Phi) is 4.22. The largest absolute Gasteiger partial charge is 0.370 e. The molecule has 0 saturated carbocycles. The molecule has 1 saturated heterocycles. The fourth-order valence-corrected chi connectivity index (χ4v) is 6.33. The first-order chi connectivity index (χ1) is 14.6. The third-order valence-electron chi connectivity index (χ3n) is 7.19. The van der Waals surface area contributed by atoms with Crippen LogP contribution in [0.2, 0.25) is 0 Å². The molecule has 3 aliphatic rings. The SMILES string of the molecule is CC1(C)C2=C(C(=O)c3ccc(N4CCC(S(C)(=O)=O)C4)cc31)c1ccc(C#N)cc1C2. The molecule has 2 aliphatic carbocycles. The van der Waals surface area contributed by atoms with Gasteiger partial charge in [0, 0.05) is 41.6 Å². The Balaban J connectivity index is 1.55. The fourth-order valence-electron chi connectivity index (χ4n) is 5.34. The molecule has 2 aromatic rings. The molecule has 0 aromatic heterocycles. The van der Waals surface area contributed by atoms with Crippen molar-refractivity contribution in [2.45, 2.75) is 37.4 Å². The lowest BCUT2D eigenvalue weighted by Crippen LogP contribution is -2.31.